The molecule has 4 nitrogen and oxygen atoms in total. The normalized spacial score (nSPS) is 15.3. The fourth-order valence-electron chi connectivity index (χ4n) is 3.02. The molecule has 0 saturated carbocycles. The molecule has 1 aliphatic rings. The first kappa shape index (κ1) is 16.7. The predicted molar refractivity (Wildman–Crippen MR) is 98.2 cm³/mol. The molecule has 128 valence electrons. The van der Waals surface area contributed by atoms with Crippen LogP contribution in [-0.2, 0) is 0 Å². The van der Waals surface area contributed by atoms with Crippen molar-refractivity contribution >= 4 is 5.69 Å². The molecule has 0 amide bonds. The monoisotopic (exact) mass is 326 g/mol. The molecular weight excluding hydrogens is 300 g/mol. The van der Waals surface area contributed by atoms with E-state index < -0.39 is 0 Å². The maximum atomic E-state index is 5.79. The van der Waals surface area contributed by atoms with Gasteiger partial charge < -0.3 is 14.4 Å². The fourth-order valence-corrected chi connectivity index (χ4v) is 3.02. The lowest BCUT2D eigenvalue weighted by Crippen LogP contribution is -2.46. The van der Waals surface area contributed by atoms with Gasteiger partial charge in [-0.25, -0.2) is 0 Å². The van der Waals surface area contributed by atoms with Crippen LogP contribution in [-0.4, -0.2) is 51.3 Å². The van der Waals surface area contributed by atoms with Crippen LogP contribution in [0.2, 0.25) is 0 Å². The van der Waals surface area contributed by atoms with Crippen LogP contribution < -0.4 is 14.4 Å². The van der Waals surface area contributed by atoms with E-state index in [0.29, 0.717) is 0 Å². The van der Waals surface area contributed by atoms with Crippen molar-refractivity contribution in [3.63, 3.8) is 0 Å². The fraction of sp³-hybridized carbons (Fsp3) is 0.400. The number of nitrogens with zero attached hydrogens (tertiary/aromatic N) is 2. The summed E-state index contributed by atoms with van der Waals surface area (Å²) in [5.41, 5.74) is 1.33. The Balaban J connectivity index is 1.33. The first-order chi connectivity index (χ1) is 11.8. The van der Waals surface area contributed by atoms with E-state index in [-0.39, 0.29) is 0 Å². The summed E-state index contributed by atoms with van der Waals surface area (Å²) in [5.74, 6) is 1.77. The minimum Gasteiger partial charge on any atom is -0.497 e. The second kappa shape index (κ2) is 8.60. The predicted octanol–water partition coefficient (Wildman–Crippen LogP) is 3.29. The molecule has 4 heteroatoms. The minimum atomic E-state index is 0.755. The van der Waals surface area contributed by atoms with Crippen molar-refractivity contribution in [3.05, 3.63) is 54.6 Å². The largest absolute Gasteiger partial charge is 0.497 e. The highest BCUT2D eigenvalue weighted by atomic mass is 16.5. The first-order valence-corrected chi connectivity index (χ1v) is 8.64. The van der Waals surface area contributed by atoms with Crippen molar-refractivity contribution < 1.29 is 9.47 Å². The van der Waals surface area contributed by atoms with Gasteiger partial charge in [0.1, 0.15) is 11.5 Å². The molecule has 2 aromatic carbocycles. The molecule has 24 heavy (non-hydrogen) atoms. The van der Waals surface area contributed by atoms with Crippen molar-refractivity contribution in [3.8, 4) is 11.5 Å². The van der Waals surface area contributed by atoms with Gasteiger partial charge in [0.15, 0.2) is 0 Å². The summed E-state index contributed by atoms with van der Waals surface area (Å²) in [5, 5.41) is 0. The van der Waals surface area contributed by atoms with E-state index in [4.69, 9.17) is 9.47 Å². The van der Waals surface area contributed by atoms with Crippen LogP contribution in [0.5, 0.6) is 11.5 Å². The second-order valence-corrected chi connectivity index (χ2v) is 6.04. The van der Waals surface area contributed by atoms with Crippen molar-refractivity contribution in [2.45, 2.75) is 6.42 Å². The van der Waals surface area contributed by atoms with Crippen molar-refractivity contribution in [1.29, 1.82) is 0 Å². The second-order valence-electron chi connectivity index (χ2n) is 6.04. The van der Waals surface area contributed by atoms with Gasteiger partial charge in [-0.1, -0.05) is 18.2 Å². The molecule has 0 bridgehead atoms. The van der Waals surface area contributed by atoms with Crippen LogP contribution in [0.3, 0.4) is 0 Å². The third-order valence-electron chi connectivity index (χ3n) is 4.44. The highest BCUT2D eigenvalue weighted by Gasteiger charge is 2.16. The molecule has 0 N–H and O–H groups in total. The van der Waals surface area contributed by atoms with E-state index in [1.807, 2.05) is 24.3 Å². The zero-order valence-electron chi connectivity index (χ0n) is 14.4. The van der Waals surface area contributed by atoms with E-state index in [1.165, 1.54) is 5.69 Å². The number of hydrogen-bond acceptors (Lipinski definition) is 4. The number of rotatable bonds is 7. The molecule has 3 rings (SSSR count). The minimum absolute atomic E-state index is 0.755. The molecule has 0 radical (unpaired) electrons. The summed E-state index contributed by atoms with van der Waals surface area (Å²) in [6, 6.07) is 18.4. The van der Waals surface area contributed by atoms with Crippen LogP contribution >= 0.6 is 0 Å². The molecule has 0 unspecified atom stereocenters. The number of hydrogen-bond donors (Lipinski definition) is 0. The van der Waals surface area contributed by atoms with Crippen molar-refractivity contribution in [2.24, 2.45) is 0 Å². The topological polar surface area (TPSA) is 24.9 Å². The Labute approximate surface area is 144 Å². The highest BCUT2D eigenvalue weighted by molar-refractivity contribution is 5.46. The first-order valence-electron chi connectivity index (χ1n) is 8.64. The number of methoxy groups -OCH3 is 1. The molecule has 1 fully saturated rings. The average Bonchev–Trinajstić information content (AvgIpc) is 2.67. The maximum absolute atomic E-state index is 5.79. The van der Waals surface area contributed by atoms with Gasteiger partial charge in [-0.05, 0) is 42.8 Å². The van der Waals surface area contributed by atoms with Crippen LogP contribution in [0, 0.1) is 0 Å². The third kappa shape index (κ3) is 4.65. The third-order valence-corrected chi connectivity index (χ3v) is 4.44. The van der Waals surface area contributed by atoms with E-state index in [2.05, 4.69) is 40.1 Å². The Hall–Kier alpha value is -2.20. The molecule has 1 aliphatic heterocycles. The SMILES string of the molecule is COc1ccc(OCCCN2CCN(c3ccccc3)CC2)cc1. The zero-order valence-corrected chi connectivity index (χ0v) is 14.4. The number of para-hydroxylation sites is 1. The highest BCUT2D eigenvalue weighted by Crippen LogP contribution is 2.18. The number of anilines is 1. The Morgan fingerprint density at radius 3 is 2.17 bits per heavy atom. The van der Waals surface area contributed by atoms with Crippen LogP contribution in [0.15, 0.2) is 54.6 Å². The van der Waals surface area contributed by atoms with Crippen LogP contribution in [0.25, 0.3) is 0 Å². The lowest BCUT2D eigenvalue weighted by molar-refractivity contribution is 0.224. The Kier molecular flexibility index (Phi) is 5.96. The average molecular weight is 326 g/mol. The summed E-state index contributed by atoms with van der Waals surface area (Å²) >= 11 is 0. The molecule has 0 atom stereocenters. The van der Waals surface area contributed by atoms with Crippen LogP contribution in [0.1, 0.15) is 6.42 Å². The van der Waals surface area contributed by atoms with Gasteiger partial charge in [-0.2, -0.15) is 0 Å². The van der Waals surface area contributed by atoms with E-state index >= 15 is 0 Å². The summed E-state index contributed by atoms with van der Waals surface area (Å²) in [6.07, 6.45) is 1.05. The van der Waals surface area contributed by atoms with Crippen molar-refractivity contribution in [1.82, 2.24) is 4.90 Å². The molecule has 2 aromatic rings. The van der Waals surface area contributed by atoms with E-state index in [9.17, 15) is 0 Å². The maximum Gasteiger partial charge on any atom is 0.119 e. The lowest BCUT2D eigenvalue weighted by atomic mass is 10.2. The quantitative estimate of drug-likeness (QED) is 0.729. The smallest absolute Gasteiger partial charge is 0.119 e. The number of piperazine rings is 1. The van der Waals surface area contributed by atoms with Gasteiger partial charge in [0, 0.05) is 38.4 Å². The van der Waals surface area contributed by atoms with Gasteiger partial charge in [-0.15, -0.1) is 0 Å². The molecule has 0 spiro atoms. The number of ether oxygens (including phenoxy) is 2. The Bertz CT molecular complexity index is 593. The Morgan fingerprint density at radius 1 is 0.833 bits per heavy atom. The van der Waals surface area contributed by atoms with Crippen molar-refractivity contribution in [2.75, 3.05) is 51.3 Å². The zero-order chi connectivity index (χ0) is 16.6. The molecule has 0 aliphatic carbocycles. The van der Waals surface area contributed by atoms with Gasteiger partial charge in [0.25, 0.3) is 0 Å². The summed E-state index contributed by atoms with van der Waals surface area (Å²) < 4.78 is 10.9. The molecule has 0 aromatic heterocycles. The van der Waals surface area contributed by atoms with Crippen LogP contribution in [0.4, 0.5) is 5.69 Å². The lowest BCUT2D eigenvalue weighted by Gasteiger charge is -2.36. The standard InChI is InChI=1S/C20H26N2O2/c1-23-19-8-10-20(11-9-19)24-17-5-12-21-13-15-22(16-14-21)18-6-3-2-4-7-18/h2-4,6-11H,5,12-17H2,1H3. The van der Waals surface area contributed by atoms with Gasteiger partial charge >= 0.3 is 0 Å². The Morgan fingerprint density at radius 2 is 1.50 bits per heavy atom. The molecular formula is C20H26N2O2. The van der Waals surface area contributed by atoms with Gasteiger partial charge in [0.2, 0.25) is 0 Å². The molecule has 1 heterocycles. The summed E-state index contributed by atoms with van der Waals surface area (Å²) in [6.45, 7) is 6.30. The molecule has 1 saturated heterocycles. The number of benzene rings is 2. The van der Waals surface area contributed by atoms with Gasteiger partial charge in [0.05, 0.1) is 13.7 Å². The summed E-state index contributed by atoms with van der Waals surface area (Å²) in [7, 11) is 1.67. The van der Waals surface area contributed by atoms with E-state index in [0.717, 1.165) is 57.3 Å². The van der Waals surface area contributed by atoms with Gasteiger partial charge in [-0.3, -0.25) is 4.90 Å². The summed E-state index contributed by atoms with van der Waals surface area (Å²) in [4.78, 5) is 4.99. The van der Waals surface area contributed by atoms with E-state index in [1.54, 1.807) is 7.11 Å².